The van der Waals surface area contributed by atoms with Crippen molar-refractivity contribution in [1.29, 1.82) is 0 Å². The van der Waals surface area contributed by atoms with E-state index in [1.807, 2.05) is 0 Å². The number of esters is 1. The Bertz CT molecular complexity index is 715. The summed E-state index contributed by atoms with van der Waals surface area (Å²) in [4.78, 5) is 39.4. The lowest BCUT2D eigenvalue weighted by atomic mass is 9.81. The average Bonchev–Trinajstić information content (AvgIpc) is 3.32. The predicted octanol–water partition coefficient (Wildman–Crippen LogP) is 3.57. The molecule has 4 rings (SSSR count). The first-order valence-corrected chi connectivity index (χ1v) is 9.76. The van der Waals surface area contributed by atoms with Gasteiger partial charge in [-0.1, -0.05) is 25.8 Å². The molecule has 5 nitrogen and oxygen atoms in total. The summed E-state index contributed by atoms with van der Waals surface area (Å²) in [5, 5.41) is 0. The first-order chi connectivity index (χ1) is 12.6. The molecular weight excluding hydrogens is 330 g/mol. The van der Waals surface area contributed by atoms with E-state index >= 15 is 0 Å². The molecule has 2 saturated carbocycles. The Morgan fingerprint density at radius 2 is 1.81 bits per heavy atom. The van der Waals surface area contributed by atoms with Crippen molar-refractivity contribution in [3.63, 3.8) is 0 Å². The first-order valence-electron chi connectivity index (χ1n) is 9.76. The molecule has 3 aliphatic rings. The largest absolute Gasteiger partial charge is 0.462 e. The van der Waals surface area contributed by atoms with Crippen LogP contribution in [0.5, 0.6) is 0 Å². The topological polar surface area (TPSA) is 63.7 Å². The van der Waals surface area contributed by atoms with Gasteiger partial charge in [0.15, 0.2) is 0 Å². The highest BCUT2D eigenvalue weighted by molar-refractivity contribution is 6.22. The van der Waals surface area contributed by atoms with E-state index in [0.29, 0.717) is 29.7 Å². The van der Waals surface area contributed by atoms with Gasteiger partial charge in [-0.2, -0.15) is 0 Å². The zero-order chi connectivity index (χ0) is 18.3. The van der Waals surface area contributed by atoms with Crippen molar-refractivity contribution in [2.24, 2.45) is 23.7 Å². The molecule has 0 aromatic heterocycles. The molecule has 2 bridgehead atoms. The minimum absolute atomic E-state index is 0.0827. The normalized spacial score (nSPS) is 29.3. The van der Waals surface area contributed by atoms with E-state index in [-0.39, 0.29) is 23.7 Å². The highest BCUT2D eigenvalue weighted by Crippen LogP contribution is 2.56. The molecule has 1 heterocycles. The number of carbonyl (C=O) groups is 3. The van der Waals surface area contributed by atoms with Crippen LogP contribution in [0.2, 0.25) is 0 Å². The zero-order valence-corrected chi connectivity index (χ0v) is 15.1. The van der Waals surface area contributed by atoms with E-state index in [0.717, 1.165) is 38.5 Å². The highest BCUT2D eigenvalue weighted by atomic mass is 16.5. The average molecular weight is 355 g/mol. The number of imide groups is 1. The number of rotatable bonds is 6. The Morgan fingerprint density at radius 1 is 1.12 bits per heavy atom. The smallest absolute Gasteiger partial charge is 0.338 e. The maximum Gasteiger partial charge on any atom is 0.338 e. The van der Waals surface area contributed by atoms with Crippen LogP contribution in [0.3, 0.4) is 0 Å². The molecule has 1 saturated heterocycles. The summed E-state index contributed by atoms with van der Waals surface area (Å²) in [5.74, 6) is -0.142. The Balaban J connectivity index is 1.51. The maximum atomic E-state index is 12.9. The molecule has 26 heavy (non-hydrogen) atoms. The highest BCUT2D eigenvalue weighted by Gasteiger charge is 2.61. The minimum atomic E-state index is -0.401. The van der Waals surface area contributed by atoms with Crippen LogP contribution in [0.25, 0.3) is 0 Å². The molecule has 0 radical (unpaired) electrons. The van der Waals surface area contributed by atoms with Crippen LogP contribution < -0.4 is 4.90 Å². The third kappa shape index (κ3) is 2.74. The standard InChI is InChI=1S/C21H25NO4/c1-2-3-4-10-26-21(25)15-6-5-7-16(12-15)22-19(23)17-13-8-9-14(11-13)18(17)20(22)24/h5-7,12-14,17-18H,2-4,8-11H2,1H3/t13-,14-,17-,18-/m0/s1. The number of hydrogen-bond donors (Lipinski definition) is 0. The van der Waals surface area contributed by atoms with Crippen molar-refractivity contribution in [3.8, 4) is 0 Å². The SMILES string of the molecule is CCCCCOC(=O)c1cccc(N2C(=O)[C@H]3[C@H]4CC[C@@H](C4)[C@@H]3C2=O)c1. The Labute approximate surface area is 153 Å². The molecule has 1 aromatic carbocycles. The number of unbranched alkanes of at least 4 members (excludes halogenated alkanes) is 2. The van der Waals surface area contributed by atoms with E-state index < -0.39 is 5.97 Å². The van der Waals surface area contributed by atoms with Gasteiger partial charge < -0.3 is 4.74 Å². The van der Waals surface area contributed by atoms with Gasteiger partial charge in [0, 0.05) is 0 Å². The van der Waals surface area contributed by atoms with Gasteiger partial charge in [0.05, 0.1) is 29.7 Å². The van der Waals surface area contributed by atoms with Gasteiger partial charge in [-0.25, -0.2) is 4.79 Å². The molecule has 5 heteroatoms. The fourth-order valence-corrected chi connectivity index (χ4v) is 5.04. The van der Waals surface area contributed by atoms with Crippen molar-refractivity contribution in [1.82, 2.24) is 0 Å². The number of ether oxygens (including phenoxy) is 1. The third-order valence-corrected chi connectivity index (χ3v) is 6.25. The summed E-state index contributed by atoms with van der Waals surface area (Å²) in [6.07, 6.45) is 6.07. The van der Waals surface area contributed by atoms with Gasteiger partial charge in [0.2, 0.25) is 11.8 Å². The van der Waals surface area contributed by atoms with Crippen molar-refractivity contribution < 1.29 is 19.1 Å². The molecule has 2 amide bonds. The number of nitrogens with zero attached hydrogens (tertiary/aromatic N) is 1. The van der Waals surface area contributed by atoms with Crippen molar-refractivity contribution >= 4 is 23.5 Å². The molecule has 4 atom stereocenters. The van der Waals surface area contributed by atoms with Gasteiger partial charge in [-0.3, -0.25) is 14.5 Å². The fraction of sp³-hybridized carbons (Fsp3) is 0.571. The maximum absolute atomic E-state index is 12.9. The molecule has 1 aromatic rings. The van der Waals surface area contributed by atoms with E-state index in [4.69, 9.17) is 4.74 Å². The van der Waals surface area contributed by atoms with Gasteiger partial charge in [0.25, 0.3) is 0 Å². The van der Waals surface area contributed by atoms with Crippen LogP contribution >= 0.6 is 0 Å². The molecular formula is C21H25NO4. The summed E-state index contributed by atoms with van der Waals surface area (Å²) in [7, 11) is 0. The molecule has 138 valence electrons. The predicted molar refractivity (Wildman–Crippen MR) is 96.6 cm³/mol. The van der Waals surface area contributed by atoms with Crippen LogP contribution in [-0.2, 0) is 14.3 Å². The van der Waals surface area contributed by atoms with Crippen LogP contribution in [0.4, 0.5) is 5.69 Å². The van der Waals surface area contributed by atoms with Gasteiger partial charge in [0.1, 0.15) is 0 Å². The van der Waals surface area contributed by atoms with E-state index in [9.17, 15) is 14.4 Å². The summed E-state index contributed by atoms with van der Waals surface area (Å²) < 4.78 is 5.29. The van der Waals surface area contributed by atoms with Crippen LogP contribution in [-0.4, -0.2) is 24.4 Å². The molecule has 0 N–H and O–H groups in total. The second-order valence-corrected chi connectivity index (χ2v) is 7.79. The number of hydrogen-bond acceptors (Lipinski definition) is 4. The first kappa shape index (κ1) is 17.3. The van der Waals surface area contributed by atoms with Crippen LogP contribution in [0, 0.1) is 23.7 Å². The number of fused-ring (bicyclic) bond motifs is 5. The second kappa shape index (κ2) is 6.86. The lowest BCUT2D eigenvalue weighted by Crippen LogP contribution is -2.32. The molecule has 0 unspecified atom stereocenters. The monoisotopic (exact) mass is 355 g/mol. The van der Waals surface area contributed by atoms with E-state index in [1.165, 1.54) is 4.90 Å². The Kier molecular flexibility index (Phi) is 4.55. The summed E-state index contributed by atoms with van der Waals surface area (Å²) >= 11 is 0. The Hall–Kier alpha value is -2.17. The zero-order valence-electron chi connectivity index (χ0n) is 15.1. The number of benzene rings is 1. The third-order valence-electron chi connectivity index (χ3n) is 6.25. The number of amides is 2. The molecule has 2 aliphatic carbocycles. The number of carbonyl (C=O) groups excluding carboxylic acids is 3. The van der Waals surface area contributed by atoms with Gasteiger partial charge >= 0.3 is 5.97 Å². The van der Waals surface area contributed by atoms with Crippen LogP contribution in [0.15, 0.2) is 24.3 Å². The van der Waals surface area contributed by atoms with Gasteiger partial charge in [-0.15, -0.1) is 0 Å². The van der Waals surface area contributed by atoms with E-state index in [1.54, 1.807) is 24.3 Å². The quantitative estimate of drug-likeness (QED) is 0.445. The second-order valence-electron chi connectivity index (χ2n) is 7.79. The lowest BCUT2D eigenvalue weighted by molar-refractivity contribution is -0.123. The minimum Gasteiger partial charge on any atom is -0.462 e. The molecule has 1 aliphatic heterocycles. The number of anilines is 1. The Morgan fingerprint density at radius 3 is 2.46 bits per heavy atom. The van der Waals surface area contributed by atoms with Crippen molar-refractivity contribution in [2.75, 3.05) is 11.5 Å². The van der Waals surface area contributed by atoms with Crippen molar-refractivity contribution in [3.05, 3.63) is 29.8 Å². The fourth-order valence-electron chi connectivity index (χ4n) is 5.04. The van der Waals surface area contributed by atoms with Crippen LogP contribution in [0.1, 0.15) is 55.8 Å². The molecule has 0 spiro atoms. The summed E-state index contributed by atoms with van der Waals surface area (Å²) in [6, 6.07) is 6.72. The summed E-state index contributed by atoms with van der Waals surface area (Å²) in [5.41, 5.74) is 0.886. The van der Waals surface area contributed by atoms with Gasteiger partial charge in [-0.05, 0) is 55.7 Å². The molecule has 3 fully saturated rings. The van der Waals surface area contributed by atoms with E-state index in [2.05, 4.69) is 6.92 Å². The summed E-state index contributed by atoms with van der Waals surface area (Å²) in [6.45, 7) is 2.49. The lowest BCUT2D eigenvalue weighted by Gasteiger charge is -2.19. The van der Waals surface area contributed by atoms with Crippen molar-refractivity contribution in [2.45, 2.75) is 45.4 Å².